The van der Waals surface area contributed by atoms with Crippen molar-refractivity contribution in [1.29, 1.82) is 0 Å². The van der Waals surface area contributed by atoms with E-state index >= 15 is 0 Å². The van der Waals surface area contributed by atoms with E-state index in [1.165, 1.54) is 15.0 Å². The third-order valence-electron chi connectivity index (χ3n) is 1.91. The minimum atomic E-state index is 0.898. The summed E-state index contributed by atoms with van der Waals surface area (Å²) in [5.41, 5.74) is 0. The minimum absolute atomic E-state index is 0.898. The molecule has 3 heteroatoms. The van der Waals surface area contributed by atoms with Crippen LogP contribution in [0.1, 0.15) is 4.88 Å². The number of rotatable bonds is 1. The second kappa shape index (κ2) is 3.31. The Morgan fingerprint density at radius 3 is 2.77 bits per heavy atom. The second-order valence-electron chi connectivity index (χ2n) is 2.88. The van der Waals surface area contributed by atoms with Gasteiger partial charge in [0.25, 0.3) is 0 Å². The lowest BCUT2D eigenvalue weighted by atomic mass is 10.2. The lowest BCUT2D eigenvalue weighted by Crippen LogP contribution is -1.82. The zero-order valence-electron chi connectivity index (χ0n) is 7.43. The highest BCUT2D eigenvalue weighted by atomic mass is 79.9. The zero-order valence-corrected chi connectivity index (χ0v) is 9.83. The fourth-order valence-electron chi connectivity index (χ4n) is 1.33. The van der Waals surface area contributed by atoms with E-state index in [9.17, 15) is 0 Å². The van der Waals surface area contributed by atoms with Crippen molar-refractivity contribution in [3.8, 4) is 5.75 Å². The molecule has 0 saturated carbocycles. The molecule has 2 aromatic rings. The summed E-state index contributed by atoms with van der Waals surface area (Å²) in [6, 6.07) is 6.35. The molecule has 0 radical (unpaired) electrons. The van der Waals surface area contributed by atoms with Crippen LogP contribution in [0.25, 0.3) is 10.1 Å². The number of aryl methyl sites for hydroxylation is 1. The van der Waals surface area contributed by atoms with Crippen LogP contribution in [0.4, 0.5) is 0 Å². The van der Waals surface area contributed by atoms with Crippen LogP contribution in [0.3, 0.4) is 0 Å². The monoisotopic (exact) mass is 256 g/mol. The van der Waals surface area contributed by atoms with Gasteiger partial charge in [0, 0.05) is 9.58 Å². The van der Waals surface area contributed by atoms with Gasteiger partial charge >= 0.3 is 0 Å². The quantitative estimate of drug-likeness (QED) is 0.750. The predicted molar refractivity (Wildman–Crippen MR) is 60.8 cm³/mol. The maximum absolute atomic E-state index is 5.22. The van der Waals surface area contributed by atoms with Gasteiger partial charge in [-0.25, -0.2) is 0 Å². The molecule has 0 atom stereocenters. The molecule has 13 heavy (non-hydrogen) atoms. The summed E-state index contributed by atoms with van der Waals surface area (Å²) in [5, 5.41) is 1.27. The summed E-state index contributed by atoms with van der Waals surface area (Å²) in [4.78, 5) is 1.33. The third kappa shape index (κ3) is 1.58. The molecule has 0 saturated heterocycles. The lowest BCUT2D eigenvalue weighted by molar-refractivity contribution is 0.413. The summed E-state index contributed by atoms with van der Waals surface area (Å²) in [6.07, 6.45) is 0. The normalized spacial score (nSPS) is 10.7. The predicted octanol–water partition coefficient (Wildman–Crippen LogP) is 3.98. The van der Waals surface area contributed by atoms with Crippen molar-refractivity contribution in [2.24, 2.45) is 0 Å². The Bertz CT molecular complexity index is 447. The number of hydrogen-bond acceptors (Lipinski definition) is 2. The zero-order chi connectivity index (χ0) is 9.42. The largest absolute Gasteiger partial charge is 0.496 e. The van der Waals surface area contributed by atoms with E-state index in [0.717, 1.165) is 10.2 Å². The Labute approximate surface area is 89.5 Å². The molecular weight excluding hydrogens is 248 g/mol. The van der Waals surface area contributed by atoms with Crippen LogP contribution in [0, 0.1) is 6.92 Å². The van der Waals surface area contributed by atoms with E-state index in [-0.39, 0.29) is 0 Å². The van der Waals surface area contributed by atoms with Crippen LogP contribution in [0.15, 0.2) is 22.7 Å². The van der Waals surface area contributed by atoms with Crippen molar-refractivity contribution in [1.82, 2.24) is 0 Å². The topological polar surface area (TPSA) is 9.23 Å². The number of hydrogen-bond donors (Lipinski definition) is 0. The van der Waals surface area contributed by atoms with Crippen molar-refractivity contribution >= 4 is 37.4 Å². The van der Waals surface area contributed by atoms with E-state index in [1.807, 2.05) is 0 Å². The summed E-state index contributed by atoms with van der Waals surface area (Å²) in [7, 11) is 1.69. The molecule has 1 aromatic heterocycles. The van der Waals surface area contributed by atoms with Gasteiger partial charge in [-0.1, -0.05) is 0 Å². The van der Waals surface area contributed by atoms with Gasteiger partial charge in [0.15, 0.2) is 0 Å². The van der Waals surface area contributed by atoms with Gasteiger partial charge < -0.3 is 4.74 Å². The molecule has 2 rings (SSSR count). The molecule has 0 bridgehead atoms. The van der Waals surface area contributed by atoms with Gasteiger partial charge in [0.1, 0.15) is 5.75 Å². The molecule has 0 amide bonds. The highest BCUT2D eigenvalue weighted by Gasteiger charge is 2.04. The molecule has 0 N–H and O–H groups in total. The fraction of sp³-hybridized carbons (Fsp3) is 0.200. The van der Waals surface area contributed by atoms with E-state index in [2.05, 4.69) is 41.1 Å². The molecule has 1 aromatic carbocycles. The van der Waals surface area contributed by atoms with Crippen LogP contribution < -0.4 is 4.74 Å². The highest BCUT2D eigenvalue weighted by Crippen LogP contribution is 2.34. The van der Waals surface area contributed by atoms with Crippen LogP contribution in [-0.2, 0) is 0 Å². The first-order chi connectivity index (χ1) is 6.20. The van der Waals surface area contributed by atoms with Crippen LogP contribution in [0.2, 0.25) is 0 Å². The summed E-state index contributed by atoms with van der Waals surface area (Å²) >= 11 is 5.26. The van der Waals surface area contributed by atoms with Crippen molar-refractivity contribution < 1.29 is 4.74 Å². The van der Waals surface area contributed by atoms with Crippen molar-refractivity contribution in [3.63, 3.8) is 0 Å². The van der Waals surface area contributed by atoms with Crippen LogP contribution >= 0.6 is 27.3 Å². The first kappa shape index (κ1) is 9.03. The second-order valence-corrected chi connectivity index (χ2v) is 5.02. The van der Waals surface area contributed by atoms with E-state index in [0.29, 0.717) is 0 Å². The SMILES string of the molecule is COc1cc2sc(C)cc2cc1Br. The average Bonchev–Trinajstić information content (AvgIpc) is 2.42. The molecule has 0 aliphatic rings. The average molecular weight is 257 g/mol. The van der Waals surface area contributed by atoms with E-state index in [1.54, 1.807) is 18.4 Å². The highest BCUT2D eigenvalue weighted by molar-refractivity contribution is 9.10. The molecular formula is C10H9BrOS. The van der Waals surface area contributed by atoms with Gasteiger partial charge in [-0.2, -0.15) is 0 Å². The molecule has 0 aliphatic heterocycles. The molecule has 0 spiro atoms. The number of ether oxygens (including phenoxy) is 1. The first-order valence-electron chi connectivity index (χ1n) is 3.94. The van der Waals surface area contributed by atoms with Gasteiger partial charge in [0.05, 0.1) is 11.6 Å². The van der Waals surface area contributed by atoms with Gasteiger partial charge in [-0.3, -0.25) is 0 Å². The number of methoxy groups -OCH3 is 1. The van der Waals surface area contributed by atoms with Gasteiger partial charge in [0.2, 0.25) is 0 Å². The van der Waals surface area contributed by atoms with Crippen LogP contribution in [0.5, 0.6) is 5.75 Å². The fourth-order valence-corrected chi connectivity index (χ4v) is 2.79. The number of fused-ring (bicyclic) bond motifs is 1. The molecule has 0 fully saturated rings. The first-order valence-corrected chi connectivity index (χ1v) is 5.55. The molecule has 1 nitrogen and oxygen atoms in total. The number of halogens is 1. The Hall–Kier alpha value is -0.540. The van der Waals surface area contributed by atoms with E-state index in [4.69, 9.17) is 4.74 Å². The minimum Gasteiger partial charge on any atom is -0.496 e. The van der Waals surface area contributed by atoms with Crippen molar-refractivity contribution in [2.45, 2.75) is 6.92 Å². The maximum Gasteiger partial charge on any atom is 0.134 e. The molecule has 0 unspecified atom stereocenters. The third-order valence-corrected chi connectivity index (χ3v) is 3.55. The van der Waals surface area contributed by atoms with Gasteiger partial charge in [-0.05, 0) is 46.4 Å². The molecule has 0 aliphatic carbocycles. The maximum atomic E-state index is 5.22. The Balaban J connectivity index is 2.72. The van der Waals surface area contributed by atoms with Gasteiger partial charge in [-0.15, -0.1) is 11.3 Å². The Morgan fingerprint density at radius 1 is 1.31 bits per heavy atom. The lowest BCUT2D eigenvalue weighted by Gasteiger charge is -2.01. The van der Waals surface area contributed by atoms with Crippen LogP contribution in [-0.4, -0.2) is 7.11 Å². The van der Waals surface area contributed by atoms with Crippen molar-refractivity contribution in [3.05, 3.63) is 27.5 Å². The molecule has 68 valence electrons. The summed E-state index contributed by atoms with van der Waals surface area (Å²) in [6.45, 7) is 2.12. The molecule has 1 heterocycles. The standard InChI is InChI=1S/C10H9BrOS/c1-6-3-7-4-8(11)9(12-2)5-10(7)13-6/h3-5H,1-2H3. The van der Waals surface area contributed by atoms with E-state index < -0.39 is 0 Å². The number of thiophene rings is 1. The smallest absolute Gasteiger partial charge is 0.134 e. The summed E-state index contributed by atoms with van der Waals surface area (Å²) in [5.74, 6) is 0.898. The number of benzene rings is 1. The van der Waals surface area contributed by atoms with Crippen molar-refractivity contribution in [2.75, 3.05) is 7.11 Å². The Kier molecular flexibility index (Phi) is 2.30. The Morgan fingerprint density at radius 2 is 2.08 bits per heavy atom. The summed E-state index contributed by atoms with van der Waals surface area (Å²) < 4.78 is 7.51.